The van der Waals surface area contributed by atoms with Crippen molar-refractivity contribution in [2.75, 3.05) is 6.61 Å². The standard InChI is InChI=1S/C19H22Cl2N2O4/c1-4-16-19(27-15-8-12(20)7-13(21)9-15)17(5-2)23(22-16)11-14(24)10-18(25)26-6-3/h7-9H,4-6,10-11H2,1-3H3. The van der Waals surface area contributed by atoms with E-state index < -0.39 is 5.97 Å². The fourth-order valence-electron chi connectivity index (χ4n) is 2.66. The SMILES string of the molecule is CCOC(=O)CC(=O)Cn1nc(CC)c(Oc2cc(Cl)cc(Cl)c2)c1CC. The molecule has 1 aromatic carbocycles. The largest absolute Gasteiger partial charge is 0.466 e. The van der Waals surface area contributed by atoms with Crippen LogP contribution < -0.4 is 4.74 Å². The second-order valence-corrected chi connectivity index (χ2v) is 6.69. The molecule has 146 valence electrons. The molecule has 2 rings (SSSR count). The Morgan fingerprint density at radius 1 is 1.07 bits per heavy atom. The Balaban J connectivity index is 2.27. The van der Waals surface area contributed by atoms with Gasteiger partial charge < -0.3 is 9.47 Å². The summed E-state index contributed by atoms with van der Waals surface area (Å²) in [6.07, 6.45) is 0.942. The number of esters is 1. The molecule has 0 aliphatic rings. The second-order valence-electron chi connectivity index (χ2n) is 5.81. The highest BCUT2D eigenvalue weighted by Crippen LogP contribution is 2.33. The number of ketones is 1. The normalized spacial score (nSPS) is 10.7. The van der Waals surface area contributed by atoms with Crippen molar-refractivity contribution in [1.82, 2.24) is 9.78 Å². The summed E-state index contributed by atoms with van der Waals surface area (Å²) in [4.78, 5) is 23.7. The molecule has 0 N–H and O–H groups in total. The van der Waals surface area contributed by atoms with Gasteiger partial charge in [0.05, 0.1) is 12.3 Å². The Bertz CT molecular complexity index is 813. The molecule has 0 unspecified atom stereocenters. The smallest absolute Gasteiger partial charge is 0.313 e. The van der Waals surface area contributed by atoms with E-state index in [1.165, 1.54) is 0 Å². The number of Topliss-reactive ketones (excluding diaryl/α,β-unsaturated/α-hetero) is 1. The number of aryl methyl sites for hydroxylation is 1. The van der Waals surface area contributed by atoms with Gasteiger partial charge in [-0.2, -0.15) is 5.10 Å². The van der Waals surface area contributed by atoms with Crippen LogP contribution in [0, 0.1) is 0 Å². The van der Waals surface area contributed by atoms with Crippen LogP contribution >= 0.6 is 23.2 Å². The van der Waals surface area contributed by atoms with Crippen molar-refractivity contribution in [3.63, 3.8) is 0 Å². The number of ether oxygens (including phenoxy) is 2. The summed E-state index contributed by atoms with van der Waals surface area (Å²) in [5.74, 6) is 0.274. The summed E-state index contributed by atoms with van der Waals surface area (Å²) < 4.78 is 12.4. The van der Waals surface area contributed by atoms with Crippen molar-refractivity contribution in [1.29, 1.82) is 0 Å². The van der Waals surface area contributed by atoms with Crippen molar-refractivity contribution < 1.29 is 19.1 Å². The third-order valence-corrected chi connectivity index (χ3v) is 4.21. The van der Waals surface area contributed by atoms with Gasteiger partial charge in [0.25, 0.3) is 0 Å². The molecule has 0 fully saturated rings. The average Bonchev–Trinajstić information content (AvgIpc) is 2.90. The van der Waals surface area contributed by atoms with Crippen LogP contribution in [0.1, 0.15) is 38.6 Å². The molecule has 0 bridgehead atoms. The van der Waals surface area contributed by atoms with Crippen LogP contribution in [0.4, 0.5) is 0 Å². The summed E-state index contributed by atoms with van der Waals surface area (Å²) in [7, 11) is 0. The molecule has 6 nitrogen and oxygen atoms in total. The molecule has 8 heteroatoms. The van der Waals surface area contributed by atoms with E-state index in [1.54, 1.807) is 29.8 Å². The molecule has 0 radical (unpaired) electrons. The predicted octanol–water partition coefficient (Wildman–Crippen LogP) is 4.63. The van der Waals surface area contributed by atoms with Crippen LogP contribution in [0.15, 0.2) is 18.2 Å². The number of carbonyl (C=O) groups is 2. The van der Waals surface area contributed by atoms with E-state index in [1.807, 2.05) is 13.8 Å². The van der Waals surface area contributed by atoms with E-state index in [4.69, 9.17) is 32.7 Å². The number of benzene rings is 1. The first kappa shape index (κ1) is 21.3. The Morgan fingerprint density at radius 3 is 2.30 bits per heavy atom. The molecule has 1 heterocycles. The van der Waals surface area contributed by atoms with E-state index in [2.05, 4.69) is 5.10 Å². The van der Waals surface area contributed by atoms with Crippen LogP contribution in [0.2, 0.25) is 10.0 Å². The van der Waals surface area contributed by atoms with Crippen LogP contribution in [-0.4, -0.2) is 28.1 Å². The maximum Gasteiger partial charge on any atom is 0.313 e. The van der Waals surface area contributed by atoms with Gasteiger partial charge in [-0.05, 0) is 38.0 Å². The highest BCUT2D eigenvalue weighted by molar-refractivity contribution is 6.34. The van der Waals surface area contributed by atoms with Gasteiger partial charge >= 0.3 is 5.97 Å². The van der Waals surface area contributed by atoms with Crippen LogP contribution in [-0.2, 0) is 33.7 Å². The van der Waals surface area contributed by atoms with Gasteiger partial charge in [0.15, 0.2) is 11.5 Å². The van der Waals surface area contributed by atoms with Crippen molar-refractivity contribution in [3.05, 3.63) is 39.6 Å². The molecule has 0 spiro atoms. The second kappa shape index (κ2) is 9.76. The maximum atomic E-state index is 12.2. The molecular formula is C19H22Cl2N2O4. The third kappa shape index (κ3) is 5.71. The minimum absolute atomic E-state index is 0.0192. The molecule has 2 aromatic rings. The van der Waals surface area contributed by atoms with Gasteiger partial charge in [-0.15, -0.1) is 0 Å². The molecule has 1 aromatic heterocycles. The summed E-state index contributed by atoms with van der Waals surface area (Å²) >= 11 is 12.1. The highest BCUT2D eigenvalue weighted by Gasteiger charge is 2.21. The van der Waals surface area contributed by atoms with Crippen molar-refractivity contribution in [3.8, 4) is 11.5 Å². The quantitative estimate of drug-likeness (QED) is 0.443. The van der Waals surface area contributed by atoms with E-state index in [9.17, 15) is 9.59 Å². The lowest BCUT2D eigenvalue weighted by Crippen LogP contribution is -2.18. The average molecular weight is 413 g/mol. The number of carbonyl (C=O) groups excluding carboxylic acids is 2. The van der Waals surface area contributed by atoms with Gasteiger partial charge in [-0.25, -0.2) is 0 Å². The summed E-state index contributed by atoms with van der Waals surface area (Å²) in [5.41, 5.74) is 1.48. The zero-order valence-electron chi connectivity index (χ0n) is 15.6. The lowest BCUT2D eigenvalue weighted by atomic mass is 10.2. The fraction of sp³-hybridized carbons (Fsp3) is 0.421. The lowest BCUT2D eigenvalue weighted by molar-refractivity contribution is -0.145. The minimum Gasteiger partial charge on any atom is -0.466 e. The fourth-order valence-corrected chi connectivity index (χ4v) is 3.17. The zero-order valence-corrected chi connectivity index (χ0v) is 17.1. The van der Waals surface area contributed by atoms with Gasteiger partial charge in [0.1, 0.15) is 24.4 Å². The molecule has 0 saturated heterocycles. The number of rotatable bonds is 9. The number of hydrogen-bond donors (Lipinski definition) is 0. The highest BCUT2D eigenvalue weighted by atomic mass is 35.5. The van der Waals surface area contributed by atoms with E-state index >= 15 is 0 Å². The number of aromatic nitrogens is 2. The van der Waals surface area contributed by atoms with Crippen molar-refractivity contribution in [2.45, 2.75) is 46.6 Å². The number of halogens is 2. The predicted molar refractivity (Wildman–Crippen MR) is 104 cm³/mol. The number of nitrogens with zero attached hydrogens (tertiary/aromatic N) is 2. The first-order valence-electron chi connectivity index (χ1n) is 8.77. The van der Waals surface area contributed by atoms with Gasteiger partial charge in [-0.1, -0.05) is 37.0 Å². The molecule has 0 atom stereocenters. The number of hydrogen-bond acceptors (Lipinski definition) is 5. The van der Waals surface area contributed by atoms with Crippen molar-refractivity contribution in [2.24, 2.45) is 0 Å². The summed E-state index contributed by atoms with van der Waals surface area (Å²) in [6, 6.07) is 4.94. The Morgan fingerprint density at radius 2 is 1.74 bits per heavy atom. The molecule has 0 aliphatic heterocycles. The lowest BCUT2D eigenvalue weighted by Gasteiger charge is -2.10. The maximum absolute atomic E-state index is 12.2. The van der Waals surface area contributed by atoms with E-state index in [-0.39, 0.29) is 25.4 Å². The summed E-state index contributed by atoms with van der Waals surface area (Å²) in [6.45, 7) is 5.82. The topological polar surface area (TPSA) is 70.4 Å². The Kier molecular flexibility index (Phi) is 7.68. The van der Waals surface area contributed by atoms with Crippen LogP contribution in [0.25, 0.3) is 0 Å². The van der Waals surface area contributed by atoms with Gasteiger partial charge in [0.2, 0.25) is 0 Å². The Labute approximate surface area is 168 Å². The van der Waals surface area contributed by atoms with Crippen LogP contribution in [0.3, 0.4) is 0 Å². The summed E-state index contributed by atoms with van der Waals surface area (Å²) in [5, 5.41) is 5.41. The zero-order chi connectivity index (χ0) is 20.0. The third-order valence-electron chi connectivity index (χ3n) is 3.78. The van der Waals surface area contributed by atoms with Crippen LogP contribution in [0.5, 0.6) is 11.5 Å². The monoisotopic (exact) mass is 412 g/mol. The van der Waals surface area contributed by atoms with Gasteiger partial charge in [0, 0.05) is 10.0 Å². The minimum atomic E-state index is -0.534. The first-order chi connectivity index (χ1) is 12.9. The molecule has 0 amide bonds. The van der Waals surface area contributed by atoms with Crippen molar-refractivity contribution >= 4 is 35.0 Å². The van der Waals surface area contributed by atoms with E-state index in [0.29, 0.717) is 40.1 Å². The molecule has 0 saturated carbocycles. The Hall–Kier alpha value is -2.05. The van der Waals surface area contributed by atoms with E-state index in [0.717, 1.165) is 5.69 Å². The van der Waals surface area contributed by atoms with Gasteiger partial charge in [-0.3, -0.25) is 14.3 Å². The molecular weight excluding hydrogens is 391 g/mol. The molecule has 27 heavy (non-hydrogen) atoms. The first-order valence-corrected chi connectivity index (χ1v) is 9.53. The molecule has 0 aliphatic carbocycles.